The molecule has 2 aromatic carbocycles. The second kappa shape index (κ2) is 8.92. The van der Waals surface area contributed by atoms with Crippen molar-refractivity contribution in [3.05, 3.63) is 58.1 Å². The fraction of sp³-hybridized carbons (Fsp3) is 0.263. The van der Waals surface area contributed by atoms with E-state index in [0.717, 1.165) is 22.4 Å². The molecule has 0 fully saturated rings. The smallest absolute Gasteiger partial charge is 0.234 e. The van der Waals surface area contributed by atoms with Crippen LogP contribution in [-0.2, 0) is 9.59 Å². The number of halogens is 1. The summed E-state index contributed by atoms with van der Waals surface area (Å²) in [7, 11) is 0. The van der Waals surface area contributed by atoms with E-state index in [4.69, 9.17) is 11.6 Å². The summed E-state index contributed by atoms with van der Waals surface area (Å²) in [6.07, 6.45) is 0. The molecule has 0 radical (unpaired) electrons. The normalized spacial score (nSPS) is 10.4. The molecule has 0 spiro atoms. The molecule has 4 nitrogen and oxygen atoms in total. The first kappa shape index (κ1) is 19.3. The van der Waals surface area contributed by atoms with E-state index in [9.17, 15) is 9.59 Å². The summed E-state index contributed by atoms with van der Waals surface area (Å²) in [6, 6.07) is 11.2. The molecular formula is C19H21ClN2O2S. The minimum Gasteiger partial charge on any atom is -0.325 e. The maximum absolute atomic E-state index is 12.0. The van der Waals surface area contributed by atoms with E-state index in [2.05, 4.69) is 10.6 Å². The second-order valence-corrected chi connectivity index (χ2v) is 7.21. The SMILES string of the molecule is Cc1ccc(NC(=O)CSCC(=O)Nc2cccc(Cl)c2C)c(C)c1. The Bertz CT molecular complexity index is 793. The summed E-state index contributed by atoms with van der Waals surface area (Å²) in [5.41, 5.74) is 4.49. The molecule has 0 saturated heterocycles. The number of thioether (sulfide) groups is 1. The number of hydrogen-bond acceptors (Lipinski definition) is 3. The van der Waals surface area contributed by atoms with Gasteiger partial charge in [0, 0.05) is 16.4 Å². The topological polar surface area (TPSA) is 58.2 Å². The van der Waals surface area contributed by atoms with Gasteiger partial charge < -0.3 is 10.6 Å². The Morgan fingerprint density at radius 1 is 0.960 bits per heavy atom. The number of amides is 2. The summed E-state index contributed by atoms with van der Waals surface area (Å²) in [6.45, 7) is 5.81. The van der Waals surface area contributed by atoms with Crippen molar-refractivity contribution in [3.63, 3.8) is 0 Å². The zero-order valence-corrected chi connectivity index (χ0v) is 16.1. The highest BCUT2D eigenvalue weighted by atomic mass is 35.5. The third kappa shape index (κ3) is 5.80. The van der Waals surface area contributed by atoms with Crippen LogP contribution in [0.25, 0.3) is 0 Å². The molecule has 0 bridgehead atoms. The lowest BCUT2D eigenvalue weighted by Gasteiger charge is -2.10. The van der Waals surface area contributed by atoms with Gasteiger partial charge in [0.15, 0.2) is 0 Å². The van der Waals surface area contributed by atoms with Gasteiger partial charge in [-0.15, -0.1) is 11.8 Å². The number of carbonyl (C=O) groups excluding carboxylic acids is 2. The van der Waals surface area contributed by atoms with E-state index < -0.39 is 0 Å². The predicted octanol–water partition coefficient (Wildman–Crippen LogP) is 4.58. The van der Waals surface area contributed by atoms with Crippen LogP contribution in [0.2, 0.25) is 5.02 Å². The van der Waals surface area contributed by atoms with Gasteiger partial charge >= 0.3 is 0 Å². The van der Waals surface area contributed by atoms with Crippen LogP contribution < -0.4 is 10.6 Å². The summed E-state index contributed by atoms with van der Waals surface area (Å²) in [4.78, 5) is 24.0. The zero-order chi connectivity index (χ0) is 18.4. The Morgan fingerprint density at radius 2 is 1.60 bits per heavy atom. The molecule has 2 rings (SSSR count). The maximum atomic E-state index is 12.0. The average molecular weight is 377 g/mol. The fourth-order valence-corrected chi connectivity index (χ4v) is 3.10. The first-order chi connectivity index (χ1) is 11.9. The van der Waals surface area contributed by atoms with Gasteiger partial charge in [-0.2, -0.15) is 0 Å². The van der Waals surface area contributed by atoms with Crippen molar-refractivity contribution in [1.29, 1.82) is 0 Å². The molecule has 0 aromatic heterocycles. The molecule has 25 heavy (non-hydrogen) atoms. The average Bonchev–Trinajstić information content (AvgIpc) is 2.54. The van der Waals surface area contributed by atoms with Crippen LogP contribution in [0.4, 0.5) is 11.4 Å². The monoisotopic (exact) mass is 376 g/mol. The van der Waals surface area contributed by atoms with Crippen molar-refractivity contribution in [3.8, 4) is 0 Å². The van der Waals surface area contributed by atoms with Crippen LogP contribution in [0, 0.1) is 20.8 Å². The van der Waals surface area contributed by atoms with Gasteiger partial charge in [-0.1, -0.05) is 35.4 Å². The van der Waals surface area contributed by atoms with E-state index in [1.165, 1.54) is 11.8 Å². The van der Waals surface area contributed by atoms with E-state index in [0.29, 0.717) is 10.7 Å². The molecule has 2 amide bonds. The van der Waals surface area contributed by atoms with Crippen molar-refractivity contribution < 1.29 is 9.59 Å². The molecule has 0 saturated carbocycles. The highest BCUT2D eigenvalue weighted by molar-refractivity contribution is 8.00. The highest BCUT2D eigenvalue weighted by Crippen LogP contribution is 2.23. The molecule has 0 aliphatic carbocycles. The van der Waals surface area contributed by atoms with Crippen LogP contribution in [0.3, 0.4) is 0 Å². The largest absolute Gasteiger partial charge is 0.325 e. The van der Waals surface area contributed by atoms with Crippen molar-refractivity contribution in [1.82, 2.24) is 0 Å². The lowest BCUT2D eigenvalue weighted by molar-refractivity contribution is -0.114. The van der Waals surface area contributed by atoms with Gasteiger partial charge in [0.2, 0.25) is 11.8 Å². The summed E-state index contributed by atoms with van der Waals surface area (Å²) < 4.78 is 0. The van der Waals surface area contributed by atoms with Crippen molar-refractivity contribution in [2.75, 3.05) is 22.1 Å². The van der Waals surface area contributed by atoms with Gasteiger partial charge in [0.1, 0.15) is 0 Å². The molecule has 0 aliphatic rings. The molecule has 0 atom stereocenters. The summed E-state index contributed by atoms with van der Waals surface area (Å²) in [5.74, 6) is 0.139. The zero-order valence-electron chi connectivity index (χ0n) is 14.5. The van der Waals surface area contributed by atoms with Crippen molar-refractivity contribution in [2.45, 2.75) is 20.8 Å². The second-order valence-electron chi connectivity index (χ2n) is 5.82. The van der Waals surface area contributed by atoms with Gasteiger partial charge in [-0.05, 0) is 50.1 Å². The molecule has 2 aromatic rings. The lowest BCUT2D eigenvalue weighted by Crippen LogP contribution is -2.19. The molecule has 0 heterocycles. The van der Waals surface area contributed by atoms with Crippen LogP contribution in [0.1, 0.15) is 16.7 Å². The number of benzene rings is 2. The third-order valence-corrected chi connectivity index (χ3v) is 5.01. The first-order valence-corrected chi connectivity index (χ1v) is 9.40. The number of carbonyl (C=O) groups is 2. The van der Waals surface area contributed by atoms with Crippen LogP contribution >= 0.6 is 23.4 Å². The van der Waals surface area contributed by atoms with E-state index in [-0.39, 0.29) is 23.3 Å². The number of hydrogen-bond donors (Lipinski definition) is 2. The standard InChI is InChI=1S/C19H21ClN2O2S/c1-12-7-8-16(13(2)9-12)21-18(23)10-25-11-19(24)22-17-6-4-5-15(20)14(17)3/h4-9H,10-11H2,1-3H3,(H,21,23)(H,22,24). The highest BCUT2D eigenvalue weighted by Gasteiger charge is 2.09. The molecule has 132 valence electrons. The number of aryl methyl sites for hydroxylation is 2. The maximum Gasteiger partial charge on any atom is 0.234 e. The number of nitrogens with one attached hydrogen (secondary N) is 2. The van der Waals surface area contributed by atoms with E-state index in [1.54, 1.807) is 18.2 Å². The first-order valence-electron chi connectivity index (χ1n) is 7.86. The molecule has 0 aliphatic heterocycles. The van der Waals surface area contributed by atoms with Gasteiger partial charge in [0.05, 0.1) is 11.5 Å². The summed E-state index contributed by atoms with van der Waals surface area (Å²) in [5, 5.41) is 6.29. The lowest BCUT2D eigenvalue weighted by atomic mass is 10.1. The van der Waals surface area contributed by atoms with Gasteiger partial charge in [-0.3, -0.25) is 9.59 Å². The Labute approximate surface area is 157 Å². The Kier molecular flexibility index (Phi) is 6.91. The van der Waals surface area contributed by atoms with Crippen LogP contribution in [0.15, 0.2) is 36.4 Å². The van der Waals surface area contributed by atoms with E-state index >= 15 is 0 Å². The van der Waals surface area contributed by atoms with Crippen molar-refractivity contribution >= 4 is 46.6 Å². The van der Waals surface area contributed by atoms with Gasteiger partial charge in [-0.25, -0.2) is 0 Å². The molecule has 0 unspecified atom stereocenters. The quantitative estimate of drug-likeness (QED) is 0.776. The number of rotatable bonds is 6. The van der Waals surface area contributed by atoms with E-state index in [1.807, 2.05) is 39.0 Å². The number of anilines is 2. The Morgan fingerprint density at radius 3 is 2.24 bits per heavy atom. The van der Waals surface area contributed by atoms with Crippen molar-refractivity contribution in [2.24, 2.45) is 0 Å². The Balaban J connectivity index is 1.78. The minimum atomic E-state index is -0.158. The van der Waals surface area contributed by atoms with Gasteiger partial charge in [0.25, 0.3) is 0 Å². The Hall–Kier alpha value is -1.98. The third-order valence-electron chi connectivity index (χ3n) is 3.66. The summed E-state index contributed by atoms with van der Waals surface area (Å²) >= 11 is 7.30. The molecular weight excluding hydrogens is 356 g/mol. The predicted molar refractivity (Wildman–Crippen MR) is 107 cm³/mol. The molecule has 6 heteroatoms. The minimum absolute atomic E-state index is 0.122. The molecule has 2 N–H and O–H groups in total. The van der Waals surface area contributed by atoms with Crippen LogP contribution in [-0.4, -0.2) is 23.3 Å². The van der Waals surface area contributed by atoms with Crippen LogP contribution in [0.5, 0.6) is 0 Å². The fourth-order valence-electron chi connectivity index (χ4n) is 2.31.